The van der Waals surface area contributed by atoms with Crippen molar-refractivity contribution in [3.8, 4) is 0 Å². The summed E-state index contributed by atoms with van der Waals surface area (Å²) >= 11 is 0. The van der Waals surface area contributed by atoms with Gasteiger partial charge in [-0.05, 0) is 11.0 Å². The van der Waals surface area contributed by atoms with Gasteiger partial charge in [0.1, 0.15) is 0 Å². The molecule has 1 aromatic rings. The van der Waals surface area contributed by atoms with Crippen molar-refractivity contribution in [1.29, 1.82) is 0 Å². The van der Waals surface area contributed by atoms with Crippen molar-refractivity contribution in [3.05, 3.63) is 35.9 Å². The van der Waals surface area contributed by atoms with Crippen LogP contribution >= 0.6 is 0 Å². The van der Waals surface area contributed by atoms with Crippen molar-refractivity contribution >= 4 is 0 Å². The molecule has 15 heavy (non-hydrogen) atoms. The van der Waals surface area contributed by atoms with Crippen LogP contribution in [0.25, 0.3) is 0 Å². The van der Waals surface area contributed by atoms with E-state index in [1.165, 1.54) is 0 Å². The molecule has 0 aromatic heterocycles. The molecule has 0 saturated heterocycles. The predicted octanol–water partition coefficient (Wildman–Crippen LogP) is 2.14. The Morgan fingerprint density at radius 2 is 1.73 bits per heavy atom. The topological polar surface area (TPSA) is 46.2 Å². The molecule has 0 saturated carbocycles. The fourth-order valence-electron chi connectivity index (χ4n) is 1.75. The van der Waals surface area contributed by atoms with E-state index in [0.717, 1.165) is 5.56 Å². The summed E-state index contributed by atoms with van der Waals surface area (Å²) in [5.74, 6) is 0.0196. The van der Waals surface area contributed by atoms with Crippen molar-refractivity contribution in [3.63, 3.8) is 0 Å². The Hall–Kier alpha value is -0.860. The molecule has 2 atom stereocenters. The van der Waals surface area contributed by atoms with Gasteiger partial charge in [-0.1, -0.05) is 51.1 Å². The van der Waals surface area contributed by atoms with Gasteiger partial charge in [0, 0.05) is 12.5 Å². The number of aliphatic hydroxyl groups excluding tert-OH is 1. The van der Waals surface area contributed by atoms with Crippen LogP contribution in [-0.2, 0) is 0 Å². The minimum absolute atomic E-state index is 0.0196. The molecule has 0 unspecified atom stereocenters. The first-order chi connectivity index (χ1) is 6.96. The second-order valence-corrected chi connectivity index (χ2v) is 5.06. The molecule has 2 nitrogen and oxygen atoms in total. The summed E-state index contributed by atoms with van der Waals surface area (Å²) in [7, 11) is 0. The van der Waals surface area contributed by atoms with E-state index in [1.54, 1.807) is 0 Å². The Morgan fingerprint density at radius 3 is 2.13 bits per heavy atom. The number of benzene rings is 1. The molecule has 0 bridgehead atoms. The summed E-state index contributed by atoms with van der Waals surface area (Å²) in [5.41, 5.74) is 6.72. The van der Waals surface area contributed by atoms with E-state index in [1.807, 2.05) is 51.1 Å². The molecule has 0 heterocycles. The van der Waals surface area contributed by atoms with Crippen LogP contribution in [0.3, 0.4) is 0 Å². The maximum Gasteiger partial charge on any atom is 0.0669 e. The monoisotopic (exact) mass is 207 g/mol. The van der Waals surface area contributed by atoms with E-state index in [0.29, 0.717) is 6.54 Å². The highest BCUT2D eigenvalue weighted by molar-refractivity contribution is 5.21. The Bertz CT molecular complexity index is 289. The van der Waals surface area contributed by atoms with E-state index in [-0.39, 0.29) is 11.3 Å². The molecular formula is C13H21NO. The lowest BCUT2D eigenvalue weighted by Gasteiger charge is -2.32. The van der Waals surface area contributed by atoms with Gasteiger partial charge in [-0.15, -0.1) is 0 Å². The fourth-order valence-corrected chi connectivity index (χ4v) is 1.75. The molecular weight excluding hydrogens is 186 g/mol. The van der Waals surface area contributed by atoms with Gasteiger partial charge < -0.3 is 10.8 Å². The smallest absolute Gasteiger partial charge is 0.0669 e. The second-order valence-electron chi connectivity index (χ2n) is 5.06. The van der Waals surface area contributed by atoms with Crippen LogP contribution in [0.2, 0.25) is 0 Å². The van der Waals surface area contributed by atoms with E-state index >= 15 is 0 Å². The molecule has 0 spiro atoms. The molecule has 0 aliphatic heterocycles. The first-order valence-electron chi connectivity index (χ1n) is 5.40. The summed E-state index contributed by atoms with van der Waals surface area (Å²) in [4.78, 5) is 0. The largest absolute Gasteiger partial charge is 0.392 e. The predicted molar refractivity (Wildman–Crippen MR) is 63.7 cm³/mol. The Kier molecular flexibility index (Phi) is 3.89. The van der Waals surface area contributed by atoms with Gasteiger partial charge in [-0.2, -0.15) is 0 Å². The van der Waals surface area contributed by atoms with Crippen molar-refractivity contribution in [2.45, 2.75) is 32.8 Å². The van der Waals surface area contributed by atoms with Crippen LogP contribution in [0, 0.1) is 5.41 Å². The lowest BCUT2D eigenvalue weighted by atomic mass is 9.78. The molecule has 0 fully saturated rings. The van der Waals surface area contributed by atoms with Crippen LogP contribution in [-0.4, -0.2) is 17.8 Å². The SMILES string of the molecule is CC(C)(C)[C@@H](O)[C@H](CN)c1ccccc1. The molecule has 2 heteroatoms. The third kappa shape index (κ3) is 3.05. The highest BCUT2D eigenvalue weighted by Crippen LogP contribution is 2.30. The molecule has 1 aromatic carbocycles. The van der Waals surface area contributed by atoms with E-state index in [2.05, 4.69) is 0 Å². The number of hydrogen-bond acceptors (Lipinski definition) is 2. The first-order valence-corrected chi connectivity index (χ1v) is 5.40. The van der Waals surface area contributed by atoms with Crippen LogP contribution < -0.4 is 5.73 Å². The van der Waals surface area contributed by atoms with Crippen molar-refractivity contribution in [2.75, 3.05) is 6.54 Å². The molecule has 0 aliphatic rings. The van der Waals surface area contributed by atoms with Crippen LogP contribution in [0.4, 0.5) is 0 Å². The van der Waals surface area contributed by atoms with E-state index < -0.39 is 6.10 Å². The van der Waals surface area contributed by atoms with Crippen molar-refractivity contribution < 1.29 is 5.11 Å². The molecule has 0 amide bonds. The maximum atomic E-state index is 10.2. The van der Waals surface area contributed by atoms with Gasteiger partial charge in [0.2, 0.25) is 0 Å². The second kappa shape index (κ2) is 4.77. The lowest BCUT2D eigenvalue weighted by molar-refractivity contribution is 0.0407. The summed E-state index contributed by atoms with van der Waals surface area (Å²) in [6.07, 6.45) is -0.412. The number of nitrogens with two attached hydrogens (primary N) is 1. The standard InChI is InChI=1S/C13H21NO/c1-13(2,3)12(15)11(9-14)10-7-5-4-6-8-10/h4-8,11-12,15H,9,14H2,1-3H3/t11-,12+/m1/s1. The van der Waals surface area contributed by atoms with E-state index in [9.17, 15) is 5.11 Å². The normalized spacial score (nSPS) is 16.1. The van der Waals surface area contributed by atoms with Gasteiger partial charge >= 0.3 is 0 Å². The number of aliphatic hydroxyl groups is 1. The molecule has 84 valence electrons. The zero-order valence-corrected chi connectivity index (χ0v) is 9.77. The average molecular weight is 207 g/mol. The first kappa shape index (κ1) is 12.2. The number of rotatable bonds is 3. The minimum Gasteiger partial charge on any atom is -0.392 e. The highest BCUT2D eigenvalue weighted by Gasteiger charge is 2.30. The third-order valence-corrected chi connectivity index (χ3v) is 2.75. The quantitative estimate of drug-likeness (QED) is 0.797. The summed E-state index contributed by atoms with van der Waals surface area (Å²) in [5, 5.41) is 10.2. The zero-order valence-electron chi connectivity index (χ0n) is 9.77. The van der Waals surface area contributed by atoms with Gasteiger partial charge in [0.05, 0.1) is 6.10 Å². The maximum absolute atomic E-state index is 10.2. The molecule has 0 aliphatic carbocycles. The van der Waals surface area contributed by atoms with Crippen LogP contribution in [0.1, 0.15) is 32.3 Å². The van der Waals surface area contributed by atoms with Crippen molar-refractivity contribution in [2.24, 2.45) is 11.1 Å². The Morgan fingerprint density at radius 1 is 1.20 bits per heavy atom. The van der Waals surface area contributed by atoms with Crippen LogP contribution in [0.15, 0.2) is 30.3 Å². The lowest BCUT2D eigenvalue weighted by Crippen LogP contribution is -2.36. The zero-order chi connectivity index (χ0) is 11.5. The third-order valence-electron chi connectivity index (χ3n) is 2.75. The Balaban J connectivity index is 2.90. The van der Waals surface area contributed by atoms with Crippen LogP contribution in [0.5, 0.6) is 0 Å². The van der Waals surface area contributed by atoms with Crippen molar-refractivity contribution in [1.82, 2.24) is 0 Å². The fraction of sp³-hybridized carbons (Fsp3) is 0.538. The van der Waals surface area contributed by atoms with Gasteiger partial charge in [-0.25, -0.2) is 0 Å². The Labute approximate surface area is 92.1 Å². The summed E-state index contributed by atoms with van der Waals surface area (Å²) in [6, 6.07) is 9.97. The van der Waals surface area contributed by atoms with E-state index in [4.69, 9.17) is 5.73 Å². The van der Waals surface area contributed by atoms with Gasteiger partial charge in [0.15, 0.2) is 0 Å². The molecule has 1 rings (SSSR count). The summed E-state index contributed by atoms with van der Waals surface area (Å²) < 4.78 is 0. The van der Waals surface area contributed by atoms with Gasteiger partial charge in [-0.3, -0.25) is 0 Å². The average Bonchev–Trinajstić information content (AvgIpc) is 2.19. The number of hydrogen-bond donors (Lipinski definition) is 2. The summed E-state index contributed by atoms with van der Waals surface area (Å²) in [6.45, 7) is 6.57. The molecule has 3 N–H and O–H groups in total. The van der Waals surface area contributed by atoms with Gasteiger partial charge in [0.25, 0.3) is 0 Å². The highest BCUT2D eigenvalue weighted by atomic mass is 16.3. The minimum atomic E-state index is -0.412. The molecule has 0 radical (unpaired) electrons.